The van der Waals surface area contributed by atoms with Gasteiger partial charge in [0.25, 0.3) is 0 Å². The largest absolute Gasteiger partial charge is 0.496 e. The second-order valence-electron chi connectivity index (χ2n) is 5.06. The molecule has 114 valence electrons. The summed E-state index contributed by atoms with van der Waals surface area (Å²) in [6.07, 6.45) is 3.53. The van der Waals surface area contributed by atoms with Gasteiger partial charge in [0.15, 0.2) is 0 Å². The van der Waals surface area contributed by atoms with Gasteiger partial charge in [0.2, 0.25) is 5.91 Å². The summed E-state index contributed by atoms with van der Waals surface area (Å²) in [5.74, 6) is 0.723. The molecule has 2 aromatic rings. The van der Waals surface area contributed by atoms with E-state index >= 15 is 0 Å². The number of carbonyl (C=O) groups excluding carboxylic acids is 1. The summed E-state index contributed by atoms with van der Waals surface area (Å²) in [6, 6.07) is 5.78. The smallest absolute Gasteiger partial charge is 0.224 e. The number of amides is 1. The van der Waals surface area contributed by atoms with Crippen molar-refractivity contribution in [2.24, 2.45) is 0 Å². The highest BCUT2D eigenvalue weighted by Gasteiger charge is 2.14. The second-order valence-corrected chi connectivity index (χ2v) is 5.06. The highest BCUT2D eigenvalue weighted by atomic mass is 16.5. The van der Waals surface area contributed by atoms with Crippen molar-refractivity contribution in [2.75, 3.05) is 13.7 Å². The van der Waals surface area contributed by atoms with Crippen molar-refractivity contribution in [3.05, 3.63) is 30.0 Å². The molecule has 0 saturated heterocycles. The van der Waals surface area contributed by atoms with Gasteiger partial charge in [0.1, 0.15) is 5.75 Å². The van der Waals surface area contributed by atoms with Crippen LogP contribution in [-0.4, -0.2) is 35.8 Å². The molecule has 1 aromatic carbocycles. The third-order valence-corrected chi connectivity index (χ3v) is 3.66. The van der Waals surface area contributed by atoms with Crippen molar-refractivity contribution in [3.8, 4) is 5.75 Å². The minimum atomic E-state index is -0.0397. The lowest BCUT2D eigenvalue weighted by Gasteiger charge is -2.15. The number of benzene rings is 1. The number of methoxy groups -OCH3 is 1. The number of hydrogen-bond acceptors (Lipinski definition) is 3. The normalized spacial score (nSPS) is 12.3. The van der Waals surface area contributed by atoms with E-state index in [0.717, 1.165) is 28.6 Å². The Kier molecular flexibility index (Phi) is 5.22. The quantitative estimate of drug-likeness (QED) is 0.730. The van der Waals surface area contributed by atoms with Crippen molar-refractivity contribution in [1.29, 1.82) is 0 Å². The maximum Gasteiger partial charge on any atom is 0.224 e. The first-order valence-corrected chi connectivity index (χ1v) is 7.22. The lowest BCUT2D eigenvalue weighted by Crippen LogP contribution is -2.36. The van der Waals surface area contributed by atoms with Crippen molar-refractivity contribution in [1.82, 2.24) is 10.3 Å². The van der Waals surface area contributed by atoms with Gasteiger partial charge in [-0.2, -0.15) is 0 Å². The number of carbonyl (C=O) groups is 1. The van der Waals surface area contributed by atoms with E-state index in [-0.39, 0.29) is 18.6 Å². The summed E-state index contributed by atoms with van der Waals surface area (Å²) in [5, 5.41) is 12.9. The minimum Gasteiger partial charge on any atom is -0.496 e. The van der Waals surface area contributed by atoms with Crippen molar-refractivity contribution < 1.29 is 14.6 Å². The molecule has 0 bridgehead atoms. The summed E-state index contributed by atoms with van der Waals surface area (Å²) in [7, 11) is 1.62. The molecule has 1 aromatic heterocycles. The highest BCUT2D eigenvalue weighted by molar-refractivity contribution is 5.93. The zero-order chi connectivity index (χ0) is 15.2. The average Bonchev–Trinajstić information content (AvgIpc) is 2.90. The van der Waals surface area contributed by atoms with Gasteiger partial charge in [0, 0.05) is 29.7 Å². The van der Waals surface area contributed by atoms with Gasteiger partial charge >= 0.3 is 0 Å². The molecule has 0 aliphatic carbocycles. The number of aromatic amines is 1. The van der Waals surface area contributed by atoms with Gasteiger partial charge in [-0.15, -0.1) is 0 Å². The Morgan fingerprint density at radius 1 is 1.48 bits per heavy atom. The van der Waals surface area contributed by atoms with Crippen LogP contribution in [0.5, 0.6) is 5.75 Å². The first-order valence-electron chi connectivity index (χ1n) is 7.22. The van der Waals surface area contributed by atoms with Gasteiger partial charge in [-0.05, 0) is 30.5 Å². The van der Waals surface area contributed by atoms with Gasteiger partial charge in [-0.3, -0.25) is 4.79 Å². The van der Waals surface area contributed by atoms with Crippen molar-refractivity contribution >= 4 is 16.8 Å². The predicted octanol–water partition coefficient (Wildman–Crippen LogP) is 2.00. The van der Waals surface area contributed by atoms with E-state index in [9.17, 15) is 4.79 Å². The lowest BCUT2D eigenvalue weighted by molar-refractivity contribution is -0.121. The molecule has 1 amide bonds. The van der Waals surface area contributed by atoms with Gasteiger partial charge in [0.05, 0.1) is 13.5 Å². The molecule has 0 saturated carbocycles. The molecule has 1 unspecified atom stereocenters. The van der Waals surface area contributed by atoms with Gasteiger partial charge < -0.3 is 20.1 Å². The van der Waals surface area contributed by atoms with Crippen LogP contribution >= 0.6 is 0 Å². The first-order chi connectivity index (χ1) is 10.2. The van der Waals surface area contributed by atoms with E-state index in [0.29, 0.717) is 12.8 Å². The minimum absolute atomic E-state index is 0.0228. The number of rotatable bonds is 7. The Labute approximate surface area is 124 Å². The highest BCUT2D eigenvalue weighted by Crippen LogP contribution is 2.28. The lowest BCUT2D eigenvalue weighted by atomic mass is 10.1. The van der Waals surface area contributed by atoms with E-state index in [2.05, 4.69) is 10.3 Å². The zero-order valence-corrected chi connectivity index (χ0v) is 12.5. The molecule has 0 aliphatic rings. The zero-order valence-electron chi connectivity index (χ0n) is 12.5. The maximum atomic E-state index is 12.2. The number of hydrogen-bond donors (Lipinski definition) is 3. The van der Waals surface area contributed by atoms with E-state index in [1.807, 2.05) is 31.3 Å². The molecule has 5 nitrogen and oxygen atoms in total. The molecule has 0 aliphatic heterocycles. The molecule has 21 heavy (non-hydrogen) atoms. The molecule has 1 atom stereocenters. The van der Waals surface area contributed by atoms with E-state index < -0.39 is 0 Å². The molecule has 0 spiro atoms. The number of aromatic nitrogens is 1. The Balaban J connectivity index is 2.14. The Morgan fingerprint density at radius 2 is 2.29 bits per heavy atom. The van der Waals surface area contributed by atoms with Crippen LogP contribution in [0.2, 0.25) is 0 Å². The molecule has 3 N–H and O–H groups in total. The van der Waals surface area contributed by atoms with Crippen molar-refractivity contribution in [3.63, 3.8) is 0 Å². The number of H-pyrrole nitrogens is 1. The molecule has 2 rings (SSSR count). The number of ether oxygens (including phenoxy) is 1. The van der Waals surface area contributed by atoms with Crippen LogP contribution in [0.4, 0.5) is 0 Å². The third-order valence-electron chi connectivity index (χ3n) is 3.66. The van der Waals surface area contributed by atoms with E-state index in [4.69, 9.17) is 9.84 Å². The summed E-state index contributed by atoms with van der Waals surface area (Å²) in [4.78, 5) is 15.3. The fourth-order valence-corrected chi connectivity index (χ4v) is 2.52. The predicted molar refractivity (Wildman–Crippen MR) is 82.5 cm³/mol. The van der Waals surface area contributed by atoms with E-state index in [1.54, 1.807) is 7.11 Å². The van der Waals surface area contributed by atoms with Crippen LogP contribution in [0.15, 0.2) is 24.4 Å². The van der Waals surface area contributed by atoms with Crippen molar-refractivity contribution in [2.45, 2.75) is 32.2 Å². The average molecular weight is 290 g/mol. The third kappa shape index (κ3) is 3.55. The molecular weight excluding hydrogens is 268 g/mol. The van der Waals surface area contributed by atoms with Crippen LogP contribution < -0.4 is 10.1 Å². The fourth-order valence-electron chi connectivity index (χ4n) is 2.52. The SMILES string of the molecule is CCC(CCO)NC(=O)Cc1c[nH]c2cccc(OC)c12. The van der Waals surface area contributed by atoms with Crippen LogP contribution in [0.25, 0.3) is 10.9 Å². The van der Waals surface area contributed by atoms with E-state index in [1.165, 1.54) is 0 Å². The van der Waals surface area contributed by atoms with Gasteiger partial charge in [-0.25, -0.2) is 0 Å². The molecule has 1 heterocycles. The van der Waals surface area contributed by atoms with Crippen LogP contribution in [0.1, 0.15) is 25.3 Å². The second kappa shape index (κ2) is 7.13. The molecule has 0 fully saturated rings. The summed E-state index contributed by atoms with van der Waals surface area (Å²) < 4.78 is 5.36. The maximum absolute atomic E-state index is 12.2. The number of aliphatic hydroxyl groups is 1. The van der Waals surface area contributed by atoms with Gasteiger partial charge in [-0.1, -0.05) is 13.0 Å². The monoisotopic (exact) mass is 290 g/mol. The standard InChI is InChI=1S/C16H22N2O3/c1-3-12(7-8-19)18-15(20)9-11-10-17-13-5-4-6-14(21-2)16(11)13/h4-6,10,12,17,19H,3,7-9H2,1-2H3,(H,18,20). The fraction of sp³-hybridized carbons (Fsp3) is 0.438. The number of aliphatic hydroxyl groups excluding tert-OH is 1. The Bertz CT molecular complexity index is 607. The topological polar surface area (TPSA) is 74.4 Å². The van der Waals surface area contributed by atoms with Crippen LogP contribution in [-0.2, 0) is 11.2 Å². The van der Waals surface area contributed by atoms with Crippen LogP contribution in [0.3, 0.4) is 0 Å². The number of nitrogens with one attached hydrogen (secondary N) is 2. The first kappa shape index (κ1) is 15.4. The summed E-state index contributed by atoms with van der Waals surface area (Å²) in [6.45, 7) is 2.08. The summed E-state index contributed by atoms with van der Waals surface area (Å²) in [5.41, 5.74) is 1.87. The summed E-state index contributed by atoms with van der Waals surface area (Å²) >= 11 is 0. The molecule has 0 radical (unpaired) electrons. The van der Waals surface area contributed by atoms with Crippen LogP contribution in [0, 0.1) is 0 Å². The number of fused-ring (bicyclic) bond motifs is 1. The Hall–Kier alpha value is -2.01. The molecular formula is C16H22N2O3. The Morgan fingerprint density at radius 3 is 2.95 bits per heavy atom. The molecule has 5 heteroatoms.